The van der Waals surface area contributed by atoms with Crippen LogP contribution in [0.4, 0.5) is 11.6 Å². The topological polar surface area (TPSA) is 78.3 Å². The molecule has 3 aromatic rings. The molecule has 0 aliphatic carbocycles. The summed E-state index contributed by atoms with van der Waals surface area (Å²) >= 11 is 12.1. The Balaban J connectivity index is 1.82. The van der Waals surface area contributed by atoms with Gasteiger partial charge in [-0.05, 0) is 42.3 Å². The predicted molar refractivity (Wildman–Crippen MR) is 108 cm³/mol. The molecule has 28 heavy (non-hydrogen) atoms. The van der Waals surface area contributed by atoms with Gasteiger partial charge in [0.1, 0.15) is 5.82 Å². The number of hydrogen-bond donors (Lipinski definition) is 1. The Morgan fingerprint density at radius 1 is 1.07 bits per heavy atom. The van der Waals surface area contributed by atoms with Gasteiger partial charge in [0.15, 0.2) is 11.5 Å². The van der Waals surface area contributed by atoms with Crippen molar-refractivity contribution in [2.75, 3.05) is 19.5 Å². The lowest BCUT2D eigenvalue weighted by Gasteiger charge is -2.22. The van der Waals surface area contributed by atoms with Gasteiger partial charge in [0, 0.05) is 17.1 Å². The Morgan fingerprint density at radius 2 is 1.82 bits per heavy atom. The van der Waals surface area contributed by atoms with Gasteiger partial charge in [-0.3, -0.25) is 4.57 Å². The maximum Gasteiger partial charge on any atom is 0.352 e. The predicted octanol–water partition coefficient (Wildman–Crippen LogP) is 3.93. The average Bonchev–Trinajstić information content (AvgIpc) is 2.69. The third kappa shape index (κ3) is 3.27. The second-order valence-electron chi connectivity index (χ2n) is 6.17. The number of halogens is 2. The number of fused-ring (bicyclic) bond motifs is 3. The van der Waals surface area contributed by atoms with Gasteiger partial charge >= 0.3 is 5.69 Å². The van der Waals surface area contributed by atoms with Crippen LogP contribution >= 0.6 is 23.2 Å². The fourth-order valence-corrected chi connectivity index (χ4v) is 3.63. The molecular formula is C19H16Cl2N4O3. The van der Waals surface area contributed by atoms with Crippen molar-refractivity contribution in [2.24, 2.45) is 0 Å². The van der Waals surface area contributed by atoms with Crippen LogP contribution < -0.4 is 20.5 Å². The summed E-state index contributed by atoms with van der Waals surface area (Å²) in [6, 6.07) is 8.72. The molecule has 1 aromatic heterocycles. The normalized spacial score (nSPS) is 12.1. The van der Waals surface area contributed by atoms with Crippen LogP contribution in [-0.2, 0) is 13.0 Å². The standard InChI is InChI=1S/C19H16Cl2N4O3/c1-27-15-7-10-5-6-25-17(12(10)9-16(15)28-2)23-18(24-19(25)26)22-14-4-3-11(20)8-13(14)21/h3-4,7-9H,5-6H2,1-2H3,(H,22,24,26). The zero-order valence-electron chi connectivity index (χ0n) is 15.1. The lowest BCUT2D eigenvalue weighted by atomic mass is 9.99. The third-order valence-electron chi connectivity index (χ3n) is 4.53. The molecule has 0 saturated heterocycles. The summed E-state index contributed by atoms with van der Waals surface area (Å²) in [5, 5.41) is 3.90. The first-order valence-electron chi connectivity index (χ1n) is 8.46. The lowest BCUT2D eigenvalue weighted by Crippen LogP contribution is -2.30. The summed E-state index contributed by atoms with van der Waals surface area (Å²) in [7, 11) is 3.15. The molecule has 0 saturated carbocycles. The number of ether oxygens (including phenoxy) is 2. The molecule has 1 aliphatic heterocycles. The maximum absolute atomic E-state index is 12.6. The largest absolute Gasteiger partial charge is 0.493 e. The highest BCUT2D eigenvalue weighted by Crippen LogP contribution is 2.37. The zero-order valence-corrected chi connectivity index (χ0v) is 16.6. The molecule has 0 atom stereocenters. The van der Waals surface area contributed by atoms with Crippen LogP contribution in [0.2, 0.25) is 10.0 Å². The molecule has 0 spiro atoms. The van der Waals surface area contributed by atoms with Gasteiger partial charge < -0.3 is 14.8 Å². The molecular weight excluding hydrogens is 403 g/mol. The first-order chi connectivity index (χ1) is 13.5. The number of aromatic nitrogens is 3. The molecule has 0 bridgehead atoms. The summed E-state index contributed by atoms with van der Waals surface area (Å²) in [4.78, 5) is 21.2. The molecule has 1 aliphatic rings. The first-order valence-corrected chi connectivity index (χ1v) is 9.22. The van der Waals surface area contributed by atoms with Gasteiger partial charge in [0.05, 0.1) is 24.9 Å². The van der Waals surface area contributed by atoms with Crippen molar-refractivity contribution in [2.45, 2.75) is 13.0 Å². The van der Waals surface area contributed by atoms with Crippen molar-refractivity contribution < 1.29 is 9.47 Å². The van der Waals surface area contributed by atoms with E-state index in [1.807, 2.05) is 12.1 Å². The van der Waals surface area contributed by atoms with Crippen molar-refractivity contribution in [3.63, 3.8) is 0 Å². The van der Waals surface area contributed by atoms with E-state index in [1.165, 1.54) is 0 Å². The molecule has 0 amide bonds. The van der Waals surface area contributed by atoms with Gasteiger partial charge in [-0.1, -0.05) is 23.2 Å². The van der Waals surface area contributed by atoms with Crippen LogP contribution in [0.25, 0.3) is 11.4 Å². The number of aryl methyl sites for hydroxylation is 1. The molecule has 2 aromatic carbocycles. The number of benzene rings is 2. The third-order valence-corrected chi connectivity index (χ3v) is 5.08. The minimum absolute atomic E-state index is 0.156. The summed E-state index contributed by atoms with van der Waals surface area (Å²) in [5.74, 6) is 1.87. The van der Waals surface area contributed by atoms with Crippen molar-refractivity contribution in [1.29, 1.82) is 0 Å². The van der Waals surface area contributed by atoms with Crippen LogP contribution in [0.1, 0.15) is 5.56 Å². The summed E-state index contributed by atoms with van der Waals surface area (Å²) in [6.07, 6.45) is 0.668. The van der Waals surface area contributed by atoms with Crippen LogP contribution in [0.5, 0.6) is 11.5 Å². The molecule has 7 nitrogen and oxygen atoms in total. The fourth-order valence-electron chi connectivity index (χ4n) is 3.17. The SMILES string of the molecule is COc1cc2c(cc1OC)-c1nc(Nc3ccc(Cl)cc3Cl)nc(=O)n1CC2. The van der Waals surface area contributed by atoms with Gasteiger partial charge in [0.2, 0.25) is 5.95 Å². The number of nitrogens with one attached hydrogen (secondary N) is 1. The van der Waals surface area contributed by atoms with Crippen LogP contribution in [0, 0.1) is 0 Å². The Kier molecular flexibility index (Phi) is 4.87. The Hall–Kier alpha value is -2.77. The molecule has 0 radical (unpaired) electrons. The second-order valence-corrected chi connectivity index (χ2v) is 7.01. The van der Waals surface area contributed by atoms with Gasteiger partial charge in [-0.15, -0.1) is 0 Å². The highest BCUT2D eigenvalue weighted by molar-refractivity contribution is 6.36. The minimum atomic E-state index is -0.391. The molecule has 0 fully saturated rings. The molecule has 144 valence electrons. The highest BCUT2D eigenvalue weighted by Gasteiger charge is 2.23. The molecule has 1 N–H and O–H groups in total. The summed E-state index contributed by atoms with van der Waals surface area (Å²) in [5.41, 5.74) is 1.98. The Morgan fingerprint density at radius 3 is 2.54 bits per heavy atom. The number of methoxy groups -OCH3 is 2. The van der Waals surface area contributed by atoms with Gasteiger partial charge in [-0.2, -0.15) is 9.97 Å². The lowest BCUT2D eigenvalue weighted by molar-refractivity contribution is 0.354. The Bertz CT molecular complexity index is 1130. The van der Waals surface area contributed by atoms with E-state index in [0.29, 0.717) is 46.0 Å². The number of anilines is 2. The van der Waals surface area contributed by atoms with Crippen molar-refractivity contribution in [3.8, 4) is 22.9 Å². The molecule has 0 unspecified atom stereocenters. The van der Waals surface area contributed by atoms with Gasteiger partial charge in [0.25, 0.3) is 0 Å². The van der Waals surface area contributed by atoms with E-state index >= 15 is 0 Å². The van der Waals surface area contributed by atoms with E-state index in [4.69, 9.17) is 32.7 Å². The van der Waals surface area contributed by atoms with E-state index in [-0.39, 0.29) is 5.95 Å². The van der Waals surface area contributed by atoms with Crippen molar-refractivity contribution >= 4 is 34.8 Å². The number of nitrogens with zero attached hydrogens (tertiary/aromatic N) is 3. The van der Waals surface area contributed by atoms with E-state index in [0.717, 1.165) is 11.1 Å². The van der Waals surface area contributed by atoms with E-state index in [2.05, 4.69) is 15.3 Å². The smallest absolute Gasteiger partial charge is 0.352 e. The molecule has 9 heteroatoms. The first kappa shape index (κ1) is 18.6. The monoisotopic (exact) mass is 418 g/mol. The summed E-state index contributed by atoms with van der Waals surface area (Å²) < 4.78 is 12.3. The van der Waals surface area contributed by atoms with Crippen LogP contribution in [-0.4, -0.2) is 28.8 Å². The maximum atomic E-state index is 12.6. The molecule has 4 rings (SSSR count). The van der Waals surface area contributed by atoms with Crippen molar-refractivity contribution in [1.82, 2.24) is 14.5 Å². The van der Waals surface area contributed by atoms with Crippen molar-refractivity contribution in [3.05, 3.63) is 56.4 Å². The molecule has 2 heterocycles. The van der Waals surface area contributed by atoms with Gasteiger partial charge in [-0.25, -0.2) is 4.79 Å². The highest BCUT2D eigenvalue weighted by atomic mass is 35.5. The fraction of sp³-hybridized carbons (Fsp3) is 0.211. The average molecular weight is 419 g/mol. The van der Waals surface area contributed by atoms with Crippen LogP contribution in [0.3, 0.4) is 0 Å². The zero-order chi connectivity index (χ0) is 19.8. The van der Waals surface area contributed by atoms with E-state index in [1.54, 1.807) is 37.0 Å². The van der Waals surface area contributed by atoms with E-state index < -0.39 is 5.69 Å². The number of rotatable bonds is 4. The minimum Gasteiger partial charge on any atom is -0.493 e. The van der Waals surface area contributed by atoms with Crippen LogP contribution in [0.15, 0.2) is 35.1 Å². The number of hydrogen-bond acceptors (Lipinski definition) is 6. The van der Waals surface area contributed by atoms with E-state index in [9.17, 15) is 4.79 Å². The Labute approximate surface area is 170 Å². The quantitative estimate of drug-likeness (QED) is 0.691. The summed E-state index contributed by atoms with van der Waals surface area (Å²) in [6.45, 7) is 0.485. The second kappa shape index (κ2) is 7.33.